The summed E-state index contributed by atoms with van der Waals surface area (Å²) in [5.74, 6) is -0.519. The van der Waals surface area contributed by atoms with E-state index in [4.69, 9.17) is 38.4 Å². The predicted molar refractivity (Wildman–Crippen MR) is 126 cm³/mol. The first-order valence-electron chi connectivity index (χ1n) is 9.69. The Balaban J connectivity index is 0.000000343. The van der Waals surface area contributed by atoms with Crippen LogP contribution in [0.2, 0.25) is 10.0 Å². The third kappa shape index (κ3) is 8.88. The number of carbonyl (C=O) groups excluding carboxylic acids is 1. The van der Waals surface area contributed by atoms with Gasteiger partial charge in [0.05, 0.1) is 33.6 Å². The fourth-order valence-corrected chi connectivity index (χ4v) is 2.46. The summed E-state index contributed by atoms with van der Waals surface area (Å²) in [4.78, 5) is 11.0. The second kappa shape index (κ2) is 12.5. The quantitative estimate of drug-likeness (QED) is 0.263. The molecule has 0 fully saturated rings. The molecule has 0 amide bonds. The molecule has 2 aromatic rings. The lowest BCUT2D eigenvalue weighted by atomic mass is 10.3. The molecule has 0 saturated heterocycles. The number of carbonyl (C=O) groups is 1. The first-order valence-corrected chi connectivity index (χ1v) is 10.5. The van der Waals surface area contributed by atoms with Crippen LogP contribution < -0.4 is 20.6 Å². The summed E-state index contributed by atoms with van der Waals surface area (Å²) in [6, 6.07) is 5.08. The molecule has 0 saturated carbocycles. The minimum absolute atomic E-state index is 0.0117. The second-order valence-electron chi connectivity index (χ2n) is 7.27. The molecule has 0 aliphatic carbocycles. The third-order valence-corrected chi connectivity index (χ3v) is 4.24. The molecular formula is C22H27Cl2F2N3O3. The number of anilines is 2. The smallest absolute Gasteiger partial charge is 0.175 e. The zero-order valence-corrected chi connectivity index (χ0v) is 20.2. The topological polar surface area (TPSA) is 85.9 Å². The average Bonchev–Trinajstić information content (AvgIpc) is 2.66. The highest BCUT2D eigenvalue weighted by Crippen LogP contribution is 2.31. The van der Waals surface area contributed by atoms with E-state index in [0.717, 1.165) is 12.1 Å². The first kappa shape index (κ1) is 27.5. The molecule has 0 bridgehead atoms. The molecule has 0 heterocycles. The van der Waals surface area contributed by atoms with E-state index >= 15 is 0 Å². The van der Waals surface area contributed by atoms with Gasteiger partial charge in [0.2, 0.25) is 0 Å². The summed E-state index contributed by atoms with van der Waals surface area (Å²) < 4.78 is 37.2. The number of ether oxygens (including phenoxy) is 2. The van der Waals surface area contributed by atoms with E-state index in [0.29, 0.717) is 11.5 Å². The van der Waals surface area contributed by atoms with Crippen molar-refractivity contribution in [2.45, 2.75) is 53.8 Å². The molecule has 32 heavy (non-hydrogen) atoms. The van der Waals surface area contributed by atoms with E-state index in [1.807, 2.05) is 27.7 Å². The Morgan fingerprint density at radius 2 is 1.41 bits per heavy atom. The van der Waals surface area contributed by atoms with Gasteiger partial charge >= 0.3 is 0 Å². The van der Waals surface area contributed by atoms with Gasteiger partial charge in [-0.25, -0.2) is 8.78 Å². The maximum Gasteiger partial charge on any atom is 0.175 e. The van der Waals surface area contributed by atoms with Crippen molar-refractivity contribution in [2.75, 3.05) is 11.2 Å². The molecule has 0 atom stereocenters. The third-order valence-electron chi connectivity index (χ3n) is 3.65. The molecule has 2 rings (SSSR count). The van der Waals surface area contributed by atoms with Gasteiger partial charge < -0.3 is 15.2 Å². The van der Waals surface area contributed by atoms with Crippen molar-refractivity contribution in [1.82, 2.24) is 0 Å². The Morgan fingerprint density at radius 3 is 1.88 bits per heavy atom. The van der Waals surface area contributed by atoms with Gasteiger partial charge in [0, 0.05) is 19.1 Å². The normalized spacial score (nSPS) is 11.2. The van der Waals surface area contributed by atoms with Crippen molar-refractivity contribution >= 4 is 46.1 Å². The van der Waals surface area contributed by atoms with Crippen LogP contribution in [0.4, 0.5) is 20.2 Å². The minimum atomic E-state index is -0.568. The molecule has 10 heteroatoms. The molecule has 6 nitrogen and oxygen atoms in total. The van der Waals surface area contributed by atoms with Crippen molar-refractivity contribution in [2.24, 2.45) is 5.10 Å². The summed E-state index contributed by atoms with van der Waals surface area (Å²) in [5, 5.41) is 4.20. The molecule has 0 unspecified atom stereocenters. The number of nitrogens with two attached hydrogens (primary N) is 1. The predicted octanol–water partition coefficient (Wildman–Crippen LogP) is 6.49. The number of hydrazone groups is 1. The number of hydrogen-bond acceptors (Lipinski definition) is 6. The lowest BCUT2D eigenvalue weighted by molar-refractivity contribution is -0.111. The average molecular weight is 490 g/mol. The largest absolute Gasteiger partial charge is 0.489 e. The van der Waals surface area contributed by atoms with Gasteiger partial charge in [0.1, 0.15) is 28.8 Å². The van der Waals surface area contributed by atoms with Gasteiger partial charge in [-0.15, -0.1) is 0 Å². The number of nitrogens with one attached hydrogen (secondary N) is 1. The van der Waals surface area contributed by atoms with E-state index in [9.17, 15) is 13.6 Å². The zero-order chi connectivity index (χ0) is 24.6. The summed E-state index contributed by atoms with van der Waals surface area (Å²) in [6.07, 6.45) is -0.0966. The summed E-state index contributed by atoms with van der Waals surface area (Å²) in [7, 11) is 0. The van der Waals surface area contributed by atoms with Crippen LogP contribution in [0.25, 0.3) is 0 Å². The van der Waals surface area contributed by atoms with Crippen LogP contribution in [-0.4, -0.2) is 23.7 Å². The number of rotatable bonds is 7. The molecule has 176 valence electrons. The highest BCUT2D eigenvalue weighted by atomic mass is 35.5. The number of Topliss-reactive ketones (excluding diaryl/α,β-unsaturated/α-hetero) is 1. The molecule has 0 aromatic heterocycles. The number of ketones is 1. The number of halogens is 4. The van der Waals surface area contributed by atoms with Crippen molar-refractivity contribution in [3.8, 4) is 11.5 Å². The van der Waals surface area contributed by atoms with E-state index in [2.05, 4.69) is 10.5 Å². The fraction of sp³-hybridized carbons (Fsp3) is 0.364. The number of hydrogen-bond donors (Lipinski definition) is 2. The standard InChI is InChI=1S/C13H16ClFN2O2.C9H11ClFNO/c1-7(2)19-13-6-12(11(15)5-10(13)14)17-16-8(3)9(4)18;1-5(2)13-9-4-8(12)7(11)3-6(9)10/h5-7,17H,1-4H3;3-5H,12H2,1-2H3/b16-8-;. The van der Waals surface area contributed by atoms with Gasteiger partial charge in [-0.1, -0.05) is 23.2 Å². The SMILES string of the molecule is CC(=O)/C(C)=N\Nc1cc(OC(C)C)c(Cl)cc1F.CC(C)Oc1cc(N)c(F)cc1Cl. The van der Waals surface area contributed by atoms with Crippen molar-refractivity contribution in [3.05, 3.63) is 45.9 Å². The zero-order valence-electron chi connectivity index (χ0n) is 18.7. The van der Waals surface area contributed by atoms with Crippen LogP contribution in [0.5, 0.6) is 11.5 Å². The van der Waals surface area contributed by atoms with Crippen molar-refractivity contribution in [1.29, 1.82) is 0 Å². The van der Waals surface area contributed by atoms with E-state index in [1.54, 1.807) is 0 Å². The lowest BCUT2D eigenvalue weighted by Crippen LogP contribution is -2.09. The van der Waals surface area contributed by atoms with E-state index in [-0.39, 0.29) is 45.1 Å². The second-order valence-corrected chi connectivity index (χ2v) is 8.08. The Labute approximate surface area is 196 Å². The Bertz CT molecular complexity index is 983. The molecule has 0 radical (unpaired) electrons. The van der Waals surface area contributed by atoms with E-state index < -0.39 is 11.6 Å². The molecule has 3 N–H and O–H groups in total. The fourth-order valence-electron chi connectivity index (χ4n) is 2.07. The molecular weight excluding hydrogens is 463 g/mol. The van der Waals surface area contributed by atoms with Gasteiger partial charge in [-0.05, 0) is 46.8 Å². The van der Waals surface area contributed by atoms with Gasteiger partial charge in [0.25, 0.3) is 0 Å². The van der Waals surface area contributed by atoms with Crippen LogP contribution in [0.15, 0.2) is 29.4 Å². The number of nitrogen functional groups attached to an aromatic ring is 1. The highest BCUT2D eigenvalue weighted by molar-refractivity contribution is 6.38. The van der Waals surface area contributed by atoms with Gasteiger partial charge in [-0.3, -0.25) is 10.2 Å². The van der Waals surface area contributed by atoms with Crippen LogP contribution in [0.3, 0.4) is 0 Å². The van der Waals surface area contributed by atoms with Crippen LogP contribution in [-0.2, 0) is 4.79 Å². The van der Waals surface area contributed by atoms with Crippen molar-refractivity contribution in [3.63, 3.8) is 0 Å². The van der Waals surface area contributed by atoms with E-state index in [1.165, 1.54) is 26.0 Å². The summed E-state index contributed by atoms with van der Waals surface area (Å²) in [6.45, 7) is 10.3. The van der Waals surface area contributed by atoms with Crippen LogP contribution in [0, 0.1) is 11.6 Å². The molecule has 0 spiro atoms. The number of benzene rings is 2. The first-order chi connectivity index (χ1) is 14.8. The summed E-state index contributed by atoms with van der Waals surface area (Å²) in [5.41, 5.74) is 8.23. The Hall–Kier alpha value is -2.58. The van der Waals surface area contributed by atoms with Gasteiger partial charge in [0.15, 0.2) is 5.78 Å². The molecule has 2 aromatic carbocycles. The molecule has 0 aliphatic rings. The maximum absolute atomic E-state index is 13.7. The van der Waals surface area contributed by atoms with Crippen LogP contribution >= 0.6 is 23.2 Å². The van der Waals surface area contributed by atoms with Crippen molar-refractivity contribution < 1.29 is 23.0 Å². The Morgan fingerprint density at radius 1 is 0.938 bits per heavy atom. The monoisotopic (exact) mass is 489 g/mol. The summed E-state index contributed by atoms with van der Waals surface area (Å²) >= 11 is 11.6. The lowest BCUT2D eigenvalue weighted by Gasteiger charge is -2.13. The highest BCUT2D eigenvalue weighted by Gasteiger charge is 2.11. The minimum Gasteiger partial charge on any atom is -0.489 e. The van der Waals surface area contributed by atoms with Gasteiger partial charge in [-0.2, -0.15) is 5.10 Å². The molecule has 0 aliphatic heterocycles. The van der Waals surface area contributed by atoms with Crippen LogP contribution in [0.1, 0.15) is 41.5 Å². The number of nitrogens with zero attached hydrogens (tertiary/aromatic N) is 1. The Kier molecular flexibility index (Phi) is 10.7. The maximum atomic E-state index is 13.7.